The van der Waals surface area contributed by atoms with Gasteiger partial charge in [0.1, 0.15) is 0 Å². The van der Waals surface area contributed by atoms with Crippen LogP contribution < -0.4 is 4.90 Å². The molecule has 0 radical (unpaired) electrons. The van der Waals surface area contributed by atoms with E-state index in [1.54, 1.807) is 18.7 Å². The maximum Gasteiger partial charge on any atom is 0.242 e. The number of benzene rings is 1. The van der Waals surface area contributed by atoms with Crippen molar-refractivity contribution in [2.45, 2.75) is 39.3 Å². The Morgan fingerprint density at radius 2 is 2.00 bits per heavy atom. The van der Waals surface area contributed by atoms with Gasteiger partial charge in [0.05, 0.1) is 12.8 Å². The molecule has 1 aromatic rings. The second-order valence-corrected chi connectivity index (χ2v) is 7.78. The van der Waals surface area contributed by atoms with E-state index in [9.17, 15) is 13.2 Å². The highest BCUT2D eigenvalue weighted by Gasteiger charge is 2.33. The molecular formula is C15H22N2O3S. The summed E-state index contributed by atoms with van der Waals surface area (Å²) in [4.78, 5) is 14.3. The topological polar surface area (TPSA) is 57.7 Å². The molecule has 1 aromatic carbocycles. The van der Waals surface area contributed by atoms with Crippen molar-refractivity contribution >= 4 is 21.6 Å². The molecule has 1 unspecified atom stereocenters. The third-order valence-corrected chi connectivity index (χ3v) is 5.17. The fraction of sp³-hybridized carbons (Fsp3) is 0.533. The third-order valence-electron chi connectivity index (χ3n) is 3.77. The number of carbonyl (C=O) groups is 1. The number of hydrogen-bond acceptors (Lipinski definition) is 3. The van der Waals surface area contributed by atoms with Gasteiger partial charge in [-0.15, -0.1) is 0 Å². The predicted molar refractivity (Wildman–Crippen MR) is 83.8 cm³/mol. The van der Waals surface area contributed by atoms with Crippen LogP contribution in [0.25, 0.3) is 0 Å². The molecular weight excluding hydrogens is 288 g/mol. The standard InChI is InChI=1S/C15H22N2O3S/c1-11(2)16(21(4,19)20)10-15(18)17-12(3)9-13-7-5-6-8-14(13)17/h5-8,11-12H,9-10H2,1-4H3. The fourth-order valence-electron chi connectivity index (χ4n) is 2.84. The smallest absolute Gasteiger partial charge is 0.242 e. The van der Waals surface area contributed by atoms with Crippen molar-refractivity contribution in [3.8, 4) is 0 Å². The number of para-hydroxylation sites is 1. The van der Waals surface area contributed by atoms with Gasteiger partial charge in [0.15, 0.2) is 0 Å². The summed E-state index contributed by atoms with van der Waals surface area (Å²) in [5.41, 5.74) is 2.03. The summed E-state index contributed by atoms with van der Waals surface area (Å²) < 4.78 is 24.9. The van der Waals surface area contributed by atoms with E-state index in [4.69, 9.17) is 0 Å². The monoisotopic (exact) mass is 310 g/mol. The number of anilines is 1. The van der Waals surface area contributed by atoms with E-state index >= 15 is 0 Å². The minimum Gasteiger partial charge on any atom is -0.308 e. The summed E-state index contributed by atoms with van der Waals surface area (Å²) in [7, 11) is -3.40. The minimum absolute atomic E-state index is 0.0588. The zero-order valence-corrected chi connectivity index (χ0v) is 13.7. The Labute approximate surface area is 126 Å². The van der Waals surface area contributed by atoms with Crippen molar-refractivity contribution in [3.63, 3.8) is 0 Å². The van der Waals surface area contributed by atoms with Gasteiger partial charge in [-0.25, -0.2) is 8.42 Å². The Morgan fingerprint density at radius 3 is 2.57 bits per heavy atom. The second-order valence-electron chi connectivity index (χ2n) is 5.85. The number of hydrogen-bond donors (Lipinski definition) is 0. The first kappa shape index (κ1) is 16.0. The van der Waals surface area contributed by atoms with E-state index in [1.165, 1.54) is 4.31 Å². The van der Waals surface area contributed by atoms with E-state index in [2.05, 4.69) is 0 Å². The van der Waals surface area contributed by atoms with Crippen LogP contribution in [0.3, 0.4) is 0 Å². The van der Waals surface area contributed by atoms with Crippen LogP contribution in [0, 0.1) is 0 Å². The molecule has 1 atom stereocenters. The summed E-state index contributed by atoms with van der Waals surface area (Å²) in [6.45, 7) is 5.42. The van der Waals surface area contributed by atoms with Crippen LogP contribution in [-0.4, -0.2) is 43.5 Å². The molecule has 1 heterocycles. The lowest BCUT2D eigenvalue weighted by molar-refractivity contribution is -0.119. The first-order valence-corrected chi connectivity index (χ1v) is 8.93. The zero-order valence-electron chi connectivity index (χ0n) is 12.9. The molecule has 0 fully saturated rings. The number of carbonyl (C=O) groups excluding carboxylic acids is 1. The van der Waals surface area contributed by atoms with Gasteiger partial charge in [0, 0.05) is 17.8 Å². The molecule has 21 heavy (non-hydrogen) atoms. The molecule has 1 aliphatic rings. The molecule has 0 saturated carbocycles. The van der Waals surface area contributed by atoms with E-state index in [-0.39, 0.29) is 24.5 Å². The molecule has 6 heteroatoms. The van der Waals surface area contributed by atoms with Gasteiger partial charge in [-0.2, -0.15) is 4.31 Å². The van der Waals surface area contributed by atoms with Gasteiger partial charge in [-0.05, 0) is 38.8 Å². The van der Waals surface area contributed by atoms with Crippen molar-refractivity contribution < 1.29 is 13.2 Å². The van der Waals surface area contributed by atoms with Crippen LogP contribution in [0.1, 0.15) is 26.3 Å². The molecule has 0 spiro atoms. The Morgan fingerprint density at radius 1 is 1.38 bits per heavy atom. The lowest BCUT2D eigenvalue weighted by Crippen LogP contribution is -2.47. The van der Waals surface area contributed by atoms with Gasteiger partial charge in [-0.3, -0.25) is 4.79 Å². The Hall–Kier alpha value is -1.40. The zero-order chi connectivity index (χ0) is 15.8. The van der Waals surface area contributed by atoms with Crippen molar-refractivity contribution in [1.29, 1.82) is 0 Å². The average molecular weight is 310 g/mol. The summed E-state index contributed by atoms with van der Waals surface area (Å²) in [6.07, 6.45) is 1.95. The lowest BCUT2D eigenvalue weighted by Gasteiger charge is -2.28. The summed E-state index contributed by atoms with van der Waals surface area (Å²) >= 11 is 0. The molecule has 116 valence electrons. The van der Waals surface area contributed by atoms with Gasteiger partial charge >= 0.3 is 0 Å². The van der Waals surface area contributed by atoms with Crippen molar-refractivity contribution in [2.24, 2.45) is 0 Å². The number of sulfonamides is 1. The van der Waals surface area contributed by atoms with E-state index in [0.717, 1.165) is 23.9 Å². The molecule has 1 aliphatic heterocycles. The summed E-state index contributed by atoms with van der Waals surface area (Å²) in [6, 6.07) is 7.59. The highest BCUT2D eigenvalue weighted by molar-refractivity contribution is 7.88. The van der Waals surface area contributed by atoms with E-state index < -0.39 is 10.0 Å². The van der Waals surface area contributed by atoms with Crippen molar-refractivity contribution in [1.82, 2.24) is 4.31 Å². The molecule has 0 aromatic heterocycles. The number of fused-ring (bicyclic) bond motifs is 1. The van der Waals surface area contributed by atoms with Gasteiger partial charge < -0.3 is 4.90 Å². The molecule has 0 bridgehead atoms. The first-order chi connectivity index (χ1) is 9.71. The van der Waals surface area contributed by atoms with Gasteiger partial charge in [-0.1, -0.05) is 18.2 Å². The van der Waals surface area contributed by atoms with Crippen LogP contribution in [0.2, 0.25) is 0 Å². The van der Waals surface area contributed by atoms with E-state index in [0.29, 0.717) is 0 Å². The van der Waals surface area contributed by atoms with E-state index in [1.807, 2.05) is 31.2 Å². The van der Waals surface area contributed by atoms with Crippen LogP contribution >= 0.6 is 0 Å². The molecule has 2 rings (SSSR count). The first-order valence-electron chi connectivity index (χ1n) is 7.08. The van der Waals surface area contributed by atoms with Gasteiger partial charge in [0.25, 0.3) is 0 Å². The number of rotatable bonds is 4. The van der Waals surface area contributed by atoms with Crippen LogP contribution in [0.4, 0.5) is 5.69 Å². The summed E-state index contributed by atoms with van der Waals surface area (Å²) in [5.74, 6) is -0.174. The molecule has 0 N–H and O–H groups in total. The van der Waals surface area contributed by atoms with Crippen molar-refractivity contribution in [3.05, 3.63) is 29.8 Å². The normalized spacial score (nSPS) is 18.4. The Kier molecular flexibility index (Phi) is 4.39. The average Bonchev–Trinajstić information content (AvgIpc) is 2.69. The molecule has 0 aliphatic carbocycles. The molecule has 0 saturated heterocycles. The highest BCUT2D eigenvalue weighted by atomic mass is 32.2. The maximum atomic E-state index is 12.6. The quantitative estimate of drug-likeness (QED) is 0.849. The fourth-order valence-corrected chi connectivity index (χ4v) is 3.95. The summed E-state index contributed by atoms with van der Waals surface area (Å²) in [5, 5.41) is 0. The number of nitrogens with zero attached hydrogens (tertiary/aromatic N) is 2. The van der Waals surface area contributed by atoms with Gasteiger partial charge in [0.2, 0.25) is 15.9 Å². The largest absolute Gasteiger partial charge is 0.308 e. The molecule has 1 amide bonds. The van der Waals surface area contributed by atoms with Crippen LogP contribution in [-0.2, 0) is 21.2 Å². The number of amides is 1. The highest BCUT2D eigenvalue weighted by Crippen LogP contribution is 2.32. The van der Waals surface area contributed by atoms with Crippen molar-refractivity contribution in [2.75, 3.05) is 17.7 Å². The SMILES string of the molecule is CC1Cc2ccccc2N1C(=O)CN(C(C)C)S(C)(=O)=O. The second kappa shape index (κ2) is 5.77. The predicted octanol–water partition coefficient (Wildman–Crippen LogP) is 1.63. The van der Waals surface area contributed by atoms with Crippen LogP contribution in [0.5, 0.6) is 0 Å². The Bertz CT molecular complexity index is 640. The third kappa shape index (κ3) is 3.27. The minimum atomic E-state index is -3.40. The van der Waals surface area contributed by atoms with Crippen LogP contribution in [0.15, 0.2) is 24.3 Å². The lowest BCUT2D eigenvalue weighted by atomic mass is 10.1. The molecule has 5 nitrogen and oxygen atoms in total. The maximum absolute atomic E-state index is 12.6. The Balaban J connectivity index is 2.25.